The fourth-order valence-corrected chi connectivity index (χ4v) is 3.25. The molecule has 26 heavy (non-hydrogen) atoms. The second kappa shape index (κ2) is 6.74. The van der Waals surface area contributed by atoms with Crippen molar-refractivity contribution in [3.8, 4) is 0 Å². The van der Waals surface area contributed by atoms with Crippen molar-refractivity contribution in [2.75, 3.05) is 36.0 Å². The number of nitrogens with zero attached hydrogens (tertiary/aromatic N) is 6. The molecule has 2 aromatic rings. The van der Waals surface area contributed by atoms with Crippen LogP contribution in [0.15, 0.2) is 12.1 Å². The van der Waals surface area contributed by atoms with Gasteiger partial charge < -0.3 is 9.80 Å². The van der Waals surface area contributed by atoms with Crippen LogP contribution < -0.4 is 9.80 Å². The van der Waals surface area contributed by atoms with Gasteiger partial charge in [0.1, 0.15) is 17.3 Å². The van der Waals surface area contributed by atoms with Crippen LogP contribution in [0, 0.1) is 13.8 Å². The topological polar surface area (TPSA) is 58.0 Å². The SMILES string of the molecule is Cc1cc(C)nc(N2CCN(c3cc(C(F)F)nc(C4CC4)n3)CC2)n1. The van der Waals surface area contributed by atoms with Crippen LogP contribution in [0.25, 0.3) is 0 Å². The van der Waals surface area contributed by atoms with Crippen molar-refractivity contribution < 1.29 is 8.78 Å². The fourth-order valence-electron chi connectivity index (χ4n) is 3.25. The van der Waals surface area contributed by atoms with E-state index in [-0.39, 0.29) is 11.6 Å². The van der Waals surface area contributed by atoms with E-state index in [2.05, 4.69) is 29.7 Å². The Labute approximate surface area is 151 Å². The van der Waals surface area contributed by atoms with Gasteiger partial charge in [0.15, 0.2) is 0 Å². The van der Waals surface area contributed by atoms with Gasteiger partial charge in [-0.1, -0.05) is 0 Å². The first-order valence-electron chi connectivity index (χ1n) is 8.99. The molecule has 4 rings (SSSR count). The number of aromatic nitrogens is 4. The summed E-state index contributed by atoms with van der Waals surface area (Å²) in [6.07, 6.45) is -0.590. The summed E-state index contributed by atoms with van der Waals surface area (Å²) in [7, 11) is 0. The van der Waals surface area contributed by atoms with E-state index in [4.69, 9.17) is 0 Å². The maximum absolute atomic E-state index is 13.2. The molecular formula is C18H22F2N6. The van der Waals surface area contributed by atoms with Crippen molar-refractivity contribution >= 4 is 11.8 Å². The Morgan fingerprint density at radius 1 is 0.885 bits per heavy atom. The van der Waals surface area contributed by atoms with Crippen molar-refractivity contribution in [3.63, 3.8) is 0 Å². The highest BCUT2D eigenvalue weighted by atomic mass is 19.3. The third kappa shape index (κ3) is 3.59. The van der Waals surface area contributed by atoms with Crippen molar-refractivity contribution in [1.82, 2.24) is 19.9 Å². The van der Waals surface area contributed by atoms with Gasteiger partial charge in [-0.3, -0.25) is 0 Å². The van der Waals surface area contributed by atoms with Crippen LogP contribution in [-0.2, 0) is 0 Å². The molecule has 2 aliphatic rings. The third-order valence-corrected chi connectivity index (χ3v) is 4.77. The summed E-state index contributed by atoms with van der Waals surface area (Å²) in [5.41, 5.74) is 1.72. The quantitative estimate of drug-likeness (QED) is 0.835. The van der Waals surface area contributed by atoms with Crippen LogP contribution in [0.5, 0.6) is 0 Å². The van der Waals surface area contributed by atoms with Gasteiger partial charge >= 0.3 is 0 Å². The molecule has 0 N–H and O–H groups in total. The highest BCUT2D eigenvalue weighted by molar-refractivity contribution is 5.44. The lowest BCUT2D eigenvalue weighted by Crippen LogP contribution is -2.47. The van der Waals surface area contributed by atoms with E-state index in [0.717, 1.165) is 43.3 Å². The molecule has 0 aromatic carbocycles. The van der Waals surface area contributed by atoms with Gasteiger partial charge in [0, 0.05) is 49.6 Å². The number of hydrogen-bond donors (Lipinski definition) is 0. The smallest absolute Gasteiger partial charge is 0.280 e. The summed E-state index contributed by atoms with van der Waals surface area (Å²) in [4.78, 5) is 21.8. The zero-order valence-corrected chi connectivity index (χ0v) is 15.0. The van der Waals surface area contributed by atoms with E-state index in [1.54, 1.807) is 0 Å². The molecule has 0 unspecified atom stereocenters. The molecule has 3 heterocycles. The summed E-state index contributed by atoms with van der Waals surface area (Å²) in [5, 5.41) is 0. The Kier molecular flexibility index (Phi) is 4.42. The molecule has 2 aromatic heterocycles. The lowest BCUT2D eigenvalue weighted by Gasteiger charge is -2.35. The summed E-state index contributed by atoms with van der Waals surface area (Å²) in [5.74, 6) is 2.16. The van der Waals surface area contributed by atoms with Gasteiger partial charge in [0.05, 0.1) is 0 Å². The highest BCUT2D eigenvalue weighted by Crippen LogP contribution is 2.39. The first-order chi connectivity index (χ1) is 12.5. The predicted octanol–water partition coefficient (Wildman–Crippen LogP) is 3.03. The summed E-state index contributed by atoms with van der Waals surface area (Å²) < 4.78 is 26.4. The van der Waals surface area contributed by atoms with Crippen molar-refractivity contribution in [3.05, 3.63) is 35.0 Å². The van der Waals surface area contributed by atoms with Gasteiger partial charge in [0.25, 0.3) is 6.43 Å². The minimum absolute atomic E-state index is 0.169. The highest BCUT2D eigenvalue weighted by Gasteiger charge is 2.30. The van der Waals surface area contributed by atoms with Gasteiger partial charge in [0.2, 0.25) is 5.95 Å². The minimum Gasteiger partial charge on any atom is -0.353 e. The Morgan fingerprint density at radius 3 is 2.08 bits per heavy atom. The van der Waals surface area contributed by atoms with Crippen LogP contribution in [0.4, 0.5) is 20.5 Å². The largest absolute Gasteiger partial charge is 0.353 e. The van der Waals surface area contributed by atoms with E-state index in [9.17, 15) is 8.78 Å². The van der Waals surface area contributed by atoms with Crippen LogP contribution in [-0.4, -0.2) is 46.1 Å². The zero-order valence-electron chi connectivity index (χ0n) is 15.0. The maximum Gasteiger partial charge on any atom is 0.280 e. The minimum atomic E-state index is -2.57. The van der Waals surface area contributed by atoms with Gasteiger partial charge in [-0.15, -0.1) is 0 Å². The molecule has 0 atom stereocenters. The summed E-state index contributed by atoms with van der Waals surface area (Å²) in [6.45, 7) is 6.77. The Balaban J connectivity index is 1.51. The third-order valence-electron chi connectivity index (χ3n) is 4.77. The van der Waals surface area contributed by atoms with Gasteiger partial charge in [-0.25, -0.2) is 28.7 Å². The second-order valence-electron chi connectivity index (χ2n) is 7.01. The molecule has 0 amide bonds. The van der Waals surface area contributed by atoms with Crippen molar-refractivity contribution in [2.45, 2.75) is 39.0 Å². The van der Waals surface area contributed by atoms with Crippen molar-refractivity contribution in [2.24, 2.45) is 0 Å². The van der Waals surface area contributed by atoms with Gasteiger partial charge in [-0.05, 0) is 32.8 Å². The lowest BCUT2D eigenvalue weighted by molar-refractivity contribution is 0.145. The van der Waals surface area contributed by atoms with E-state index >= 15 is 0 Å². The summed E-state index contributed by atoms with van der Waals surface area (Å²) in [6, 6.07) is 3.38. The number of piperazine rings is 1. The number of aryl methyl sites for hydroxylation is 2. The Morgan fingerprint density at radius 2 is 1.50 bits per heavy atom. The molecule has 6 nitrogen and oxygen atoms in total. The molecule has 0 spiro atoms. The molecule has 8 heteroatoms. The van der Waals surface area contributed by atoms with Crippen LogP contribution in [0.2, 0.25) is 0 Å². The van der Waals surface area contributed by atoms with Crippen molar-refractivity contribution in [1.29, 1.82) is 0 Å². The van der Waals surface area contributed by atoms with E-state index in [0.29, 0.717) is 24.7 Å². The summed E-state index contributed by atoms with van der Waals surface area (Å²) >= 11 is 0. The Bertz CT molecular complexity index is 760. The molecule has 1 aliphatic carbocycles. The number of hydrogen-bond acceptors (Lipinski definition) is 6. The maximum atomic E-state index is 13.2. The lowest BCUT2D eigenvalue weighted by atomic mass is 10.2. The molecule has 0 bridgehead atoms. The van der Waals surface area contributed by atoms with E-state index in [1.165, 1.54) is 6.07 Å². The second-order valence-corrected chi connectivity index (χ2v) is 7.01. The van der Waals surface area contributed by atoms with Crippen LogP contribution >= 0.6 is 0 Å². The first-order valence-corrected chi connectivity index (χ1v) is 8.99. The average molecular weight is 360 g/mol. The molecule has 0 radical (unpaired) electrons. The molecule has 138 valence electrons. The molecule has 2 fully saturated rings. The van der Waals surface area contributed by atoms with E-state index in [1.807, 2.05) is 19.9 Å². The normalized spacial score (nSPS) is 17.9. The van der Waals surface area contributed by atoms with E-state index < -0.39 is 6.43 Å². The number of rotatable bonds is 4. The molecule has 1 saturated heterocycles. The van der Waals surface area contributed by atoms with Gasteiger partial charge in [-0.2, -0.15) is 0 Å². The number of anilines is 2. The molecule has 1 aliphatic heterocycles. The van der Waals surface area contributed by atoms with Crippen LogP contribution in [0.3, 0.4) is 0 Å². The number of halogens is 2. The predicted molar refractivity (Wildman–Crippen MR) is 94.9 cm³/mol. The molecule has 1 saturated carbocycles. The monoisotopic (exact) mass is 360 g/mol. The first kappa shape index (κ1) is 17.1. The Hall–Kier alpha value is -2.38. The number of alkyl halides is 2. The zero-order chi connectivity index (χ0) is 18.3. The average Bonchev–Trinajstić information content (AvgIpc) is 3.46. The van der Waals surface area contributed by atoms with Crippen LogP contribution in [0.1, 0.15) is 48.1 Å². The molecular weight excluding hydrogens is 338 g/mol. The standard InChI is InChI=1S/C18H22F2N6/c1-11-9-12(2)22-18(21-11)26-7-5-25(6-8-26)15-10-14(16(19)20)23-17(24-15)13-3-4-13/h9-10,13,16H,3-8H2,1-2H3. The fraction of sp³-hybridized carbons (Fsp3) is 0.556.